The summed E-state index contributed by atoms with van der Waals surface area (Å²) in [5.74, 6) is 0.767. The molecular formula is C20H27ClIN3O. The molecule has 0 fully saturated rings. The summed E-state index contributed by atoms with van der Waals surface area (Å²) >= 11 is 6.01. The molecule has 142 valence electrons. The Morgan fingerprint density at radius 2 is 1.88 bits per heavy atom. The fraction of sp³-hybridized carbons (Fsp3) is 0.350. The van der Waals surface area contributed by atoms with Gasteiger partial charge in [0.1, 0.15) is 0 Å². The third kappa shape index (κ3) is 7.93. The van der Waals surface area contributed by atoms with Crippen molar-refractivity contribution in [2.75, 3.05) is 26.2 Å². The minimum Gasteiger partial charge on any atom is -0.396 e. The molecule has 0 amide bonds. The Labute approximate surface area is 178 Å². The zero-order valence-electron chi connectivity index (χ0n) is 15.0. The highest BCUT2D eigenvalue weighted by Gasteiger charge is 2.09. The van der Waals surface area contributed by atoms with Crippen LogP contribution in [0.5, 0.6) is 0 Å². The maximum Gasteiger partial charge on any atom is 0.191 e. The van der Waals surface area contributed by atoms with E-state index in [9.17, 15) is 5.11 Å². The van der Waals surface area contributed by atoms with Gasteiger partial charge in [-0.3, -0.25) is 4.99 Å². The van der Waals surface area contributed by atoms with Gasteiger partial charge in [-0.15, -0.1) is 24.0 Å². The average Bonchev–Trinajstić information content (AvgIpc) is 2.63. The van der Waals surface area contributed by atoms with E-state index >= 15 is 0 Å². The molecule has 6 heteroatoms. The van der Waals surface area contributed by atoms with Gasteiger partial charge >= 0.3 is 0 Å². The molecule has 4 nitrogen and oxygen atoms in total. The second-order valence-corrected chi connectivity index (χ2v) is 6.25. The van der Waals surface area contributed by atoms with Crippen molar-refractivity contribution in [2.45, 2.75) is 19.3 Å². The highest BCUT2D eigenvalue weighted by atomic mass is 127. The van der Waals surface area contributed by atoms with Crippen LogP contribution >= 0.6 is 35.6 Å². The molecule has 0 radical (unpaired) electrons. The van der Waals surface area contributed by atoms with Gasteiger partial charge in [0.25, 0.3) is 0 Å². The van der Waals surface area contributed by atoms with Crippen molar-refractivity contribution in [3.05, 3.63) is 70.7 Å². The van der Waals surface area contributed by atoms with Crippen LogP contribution in [0.1, 0.15) is 24.0 Å². The molecule has 3 N–H and O–H groups in total. The first-order valence-corrected chi connectivity index (χ1v) is 9.03. The van der Waals surface area contributed by atoms with Gasteiger partial charge in [0.15, 0.2) is 5.96 Å². The van der Waals surface area contributed by atoms with Gasteiger partial charge in [0, 0.05) is 24.0 Å². The Balaban J connectivity index is 0.00000338. The SMILES string of the molecule is CCNC(=NCC(CO)c1ccccc1)NCCc1cccc(Cl)c1.I. The van der Waals surface area contributed by atoms with E-state index in [2.05, 4.69) is 21.7 Å². The molecule has 0 aliphatic rings. The van der Waals surface area contributed by atoms with Crippen molar-refractivity contribution in [1.82, 2.24) is 10.6 Å². The number of aliphatic imine (C=N–C) groups is 1. The number of hydrogen-bond donors (Lipinski definition) is 3. The topological polar surface area (TPSA) is 56.7 Å². The van der Waals surface area contributed by atoms with Crippen molar-refractivity contribution in [2.24, 2.45) is 4.99 Å². The molecule has 0 aliphatic carbocycles. The molecular weight excluding hydrogens is 461 g/mol. The summed E-state index contributed by atoms with van der Waals surface area (Å²) in [5.41, 5.74) is 2.29. The third-order valence-corrected chi connectivity index (χ3v) is 4.14. The molecule has 0 aromatic heterocycles. The van der Waals surface area contributed by atoms with Crippen molar-refractivity contribution in [1.29, 1.82) is 0 Å². The van der Waals surface area contributed by atoms with E-state index in [-0.39, 0.29) is 36.5 Å². The summed E-state index contributed by atoms with van der Waals surface area (Å²) in [7, 11) is 0. The van der Waals surface area contributed by atoms with Gasteiger partial charge in [-0.05, 0) is 36.6 Å². The van der Waals surface area contributed by atoms with Crippen LogP contribution in [0.25, 0.3) is 0 Å². The lowest BCUT2D eigenvalue weighted by molar-refractivity contribution is 0.268. The van der Waals surface area contributed by atoms with Crippen LogP contribution in [0.3, 0.4) is 0 Å². The largest absolute Gasteiger partial charge is 0.396 e. The maximum atomic E-state index is 9.65. The molecule has 0 saturated carbocycles. The second kappa shape index (κ2) is 12.9. The lowest BCUT2D eigenvalue weighted by Gasteiger charge is -2.15. The van der Waals surface area contributed by atoms with Crippen molar-refractivity contribution in [3.63, 3.8) is 0 Å². The molecule has 0 saturated heterocycles. The Morgan fingerprint density at radius 1 is 1.12 bits per heavy atom. The Morgan fingerprint density at radius 3 is 2.54 bits per heavy atom. The van der Waals surface area contributed by atoms with Gasteiger partial charge < -0.3 is 15.7 Å². The first-order chi connectivity index (χ1) is 12.2. The molecule has 2 aromatic carbocycles. The number of hydrogen-bond acceptors (Lipinski definition) is 2. The van der Waals surface area contributed by atoms with Crippen LogP contribution in [-0.2, 0) is 6.42 Å². The van der Waals surface area contributed by atoms with E-state index in [1.807, 2.05) is 55.5 Å². The molecule has 2 rings (SSSR count). The molecule has 1 unspecified atom stereocenters. The lowest BCUT2D eigenvalue weighted by atomic mass is 10.0. The molecule has 0 aliphatic heterocycles. The van der Waals surface area contributed by atoms with Gasteiger partial charge in [0.05, 0.1) is 13.2 Å². The second-order valence-electron chi connectivity index (χ2n) is 5.82. The number of benzene rings is 2. The summed E-state index contributed by atoms with van der Waals surface area (Å²) in [6.45, 7) is 4.21. The quantitative estimate of drug-likeness (QED) is 0.301. The number of nitrogens with one attached hydrogen (secondary N) is 2. The number of guanidine groups is 1. The van der Waals surface area contributed by atoms with E-state index in [1.165, 1.54) is 5.56 Å². The van der Waals surface area contributed by atoms with Gasteiger partial charge in [-0.1, -0.05) is 54.1 Å². The number of rotatable bonds is 8. The Kier molecular flexibility index (Phi) is 11.3. The maximum absolute atomic E-state index is 9.65. The fourth-order valence-corrected chi connectivity index (χ4v) is 2.77. The van der Waals surface area contributed by atoms with E-state index in [0.717, 1.165) is 36.1 Å². The lowest BCUT2D eigenvalue weighted by Crippen LogP contribution is -2.38. The number of halogens is 2. The minimum absolute atomic E-state index is 0. The highest BCUT2D eigenvalue weighted by Crippen LogP contribution is 2.15. The van der Waals surface area contributed by atoms with Crippen molar-refractivity contribution >= 4 is 41.5 Å². The summed E-state index contributed by atoms with van der Waals surface area (Å²) in [6.07, 6.45) is 0.868. The average molecular weight is 488 g/mol. The van der Waals surface area contributed by atoms with Crippen molar-refractivity contribution < 1.29 is 5.11 Å². The highest BCUT2D eigenvalue weighted by molar-refractivity contribution is 14.0. The van der Waals surface area contributed by atoms with E-state index in [0.29, 0.717) is 6.54 Å². The molecule has 0 heterocycles. The summed E-state index contributed by atoms with van der Waals surface area (Å²) in [6, 6.07) is 17.9. The number of nitrogens with zero attached hydrogens (tertiary/aromatic N) is 1. The van der Waals surface area contributed by atoms with Gasteiger partial charge in [-0.2, -0.15) is 0 Å². The predicted molar refractivity (Wildman–Crippen MR) is 121 cm³/mol. The van der Waals surface area contributed by atoms with Crippen LogP contribution in [0, 0.1) is 0 Å². The molecule has 1 atom stereocenters. The first kappa shape index (κ1) is 22.7. The summed E-state index contributed by atoms with van der Waals surface area (Å²) in [5, 5.41) is 17.0. The van der Waals surface area contributed by atoms with Crippen LogP contribution in [0.4, 0.5) is 0 Å². The van der Waals surface area contributed by atoms with Crippen LogP contribution in [0.2, 0.25) is 5.02 Å². The van der Waals surface area contributed by atoms with Crippen molar-refractivity contribution in [3.8, 4) is 0 Å². The molecule has 0 spiro atoms. The fourth-order valence-electron chi connectivity index (χ4n) is 2.55. The molecule has 0 bridgehead atoms. The first-order valence-electron chi connectivity index (χ1n) is 8.65. The van der Waals surface area contributed by atoms with Crippen LogP contribution < -0.4 is 10.6 Å². The predicted octanol–water partition coefficient (Wildman–Crippen LogP) is 3.83. The van der Waals surface area contributed by atoms with Gasteiger partial charge in [-0.25, -0.2) is 0 Å². The van der Waals surface area contributed by atoms with E-state index in [4.69, 9.17) is 11.6 Å². The van der Waals surface area contributed by atoms with Crippen LogP contribution in [0.15, 0.2) is 59.6 Å². The van der Waals surface area contributed by atoms with Gasteiger partial charge in [0.2, 0.25) is 0 Å². The smallest absolute Gasteiger partial charge is 0.191 e. The van der Waals surface area contributed by atoms with E-state index < -0.39 is 0 Å². The zero-order valence-corrected chi connectivity index (χ0v) is 18.1. The summed E-state index contributed by atoms with van der Waals surface area (Å²) < 4.78 is 0. The third-order valence-electron chi connectivity index (χ3n) is 3.90. The zero-order chi connectivity index (χ0) is 17.9. The number of aliphatic hydroxyl groups excluding tert-OH is 1. The van der Waals surface area contributed by atoms with Crippen LogP contribution in [-0.4, -0.2) is 37.3 Å². The Bertz CT molecular complexity index is 667. The standard InChI is InChI=1S/C20H26ClN3O.HI/c1-2-22-20(23-12-11-16-7-6-10-19(21)13-16)24-14-18(15-25)17-8-4-3-5-9-17;/h3-10,13,18,25H,2,11-12,14-15H2,1H3,(H2,22,23,24);1H. The minimum atomic E-state index is 0. The summed E-state index contributed by atoms with van der Waals surface area (Å²) in [4.78, 5) is 4.62. The Hall–Kier alpha value is -1.31. The van der Waals surface area contributed by atoms with E-state index in [1.54, 1.807) is 0 Å². The molecule has 26 heavy (non-hydrogen) atoms. The molecule has 2 aromatic rings. The normalized spacial score (nSPS) is 12.2. The number of aliphatic hydroxyl groups is 1. The monoisotopic (exact) mass is 487 g/mol.